The molecule has 0 saturated carbocycles. The summed E-state index contributed by atoms with van der Waals surface area (Å²) in [5, 5.41) is 4.77. The second kappa shape index (κ2) is 8.61. The molecule has 0 atom stereocenters. The number of hydrogen-bond donors (Lipinski definition) is 1. The van der Waals surface area contributed by atoms with Gasteiger partial charge >= 0.3 is 0 Å². The van der Waals surface area contributed by atoms with Crippen LogP contribution in [0.1, 0.15) is 11.1 Å². The zero-order chi connectivity index (χ0) is 17.6. The van der Waals surface area contributed by atoms with Crippen molar-refractivity contribution >= 4 is 44.8 Å². The van der Waals surface area contributed by atoms with E-state index in [0.717, 1.165) is 38.6 Å². The molecular formula is C20H16BrCl2NO. The summed E-state index contributed by atoms with van der Waals surface area (Å²) in [5.41, 5.74) is 3.23. The summed E-state index contributed by atoms with van der Waals surface area (Å²) in [4.78, 5) is 0. The van der Waals surface area contributed by atoms with Crippen molar-refractivity contribution in [2.45, 2.75) is 13.2 Å². The average molecular weight is 437 g/mol. The Balaban J connectivity index is 1.53. The van der Waals surface area contributed by atoms with Crippen LogP contribution in [-0.4, -0.2) is 0 Å². The minimum absolute atomic E-state index is 0.520. The van der Waals surface area contributed by atoms with Gasteiger partial charge in [-0.25, -0.2) is 0 Å². The minimum Gasteiger partial charge on any atom is -0.489 e. The van der Waals surface area contributed by atoms with Gasteiger partial charge in [0.15, 0.2) is 0 Å². The predicted molar refractivity (Wildman–Crippen MR) is 109 cm³/mol. The van der Waals surface area contributed by atoms with Gasteiger partial charge in [-0.2, -0.15) is 0 Å². The van der Waals surface area contributed by atoms with Crippen molar-refractivity contribution < 1.29 is 4.74 Å². The molecule has 25 heavy (non-hydrogen) atoms. The van der Waals surface area contributed by atoms with Crippen molar-refractivity contribution in [3.63, 3.8) is 0 Å². The van der Waals surface area contributed by atoms with Crippen molar-refractivity contribution in [3.8, 4) is 5.75 Å². The second-order valence-corrected chi connectivity index (χ2v) is 7.24. The van der Waals surface area contributed by atoms with Gasteiger partial charge in [-0.15, -0.1) is 0 Å². The van der Waals surface area contributed by atoms with Gasteiger partial charge in [0.2, 0.25) is 0 Å². The maximum atomic E-state index is 6.10. The normalized spacial score (nSPS) is 10.5. The molecule has 0 unspecified atom stereocenters. The molecular weight excluding hydrogens is 421 g/mol. The third-order valence-electron chi connectivity index (χ3n) is 3.66. The van der Waals surface area contributed by atoms with E-state index in [1.54, 1.807) is 0 Å². The first kappa shape index (κ1) is 18.1. The standard InChI is InChI=1S/C20H16BrCl2NO/c21-19-10-7-17(11-20(19)23)24-12-14-3-8-18(9-4-14)25-13-15-1-5-16(22)6-2-15/h1-11,24H,12-13H2. The lowest BCUT2D eigenvalue weighted by molar-refractivity contribution is 0.306. The minimum atomic E-state index is 0.520. The Morgan fingerprint density at radius 2 is 1.52 bits per heavy atom. The van der Waals surface area contributed by atoms with Crippen LogP contribution in [0.5, 0.6) is 5.75 Å². The third kappa shape index (κ3) is 5.40. The van der Waals surface area contributed by atoms with E-state index in [1.165, 1.54) is 0 Å². The maximum absolute atomic E-state index is 6.10. The lowest BCUT2D eigenvalue weighted by Crippen LogP contribution is -2.00. The van der Waals surface area contributed by atoms with Crippen LogP contribution in [0.3, 0.4) is 0 Å². The first-order valence-corrected chi connectivity index (χ1v) is 9.30. The number of rotatable bonds is 6. The predicted octanol–water partition coefficient (Wildman–Crippen LogP) is 6.95. The van der Waals surface area contributed by atoms with Crippen LogP contribution in [0.25, 0.3) is 0 Å². The van der Waals surface area contributed by atoms with E-state index in [2.05, 4.69) is 21.2 Å². The van der Waals surface area contributed by atoms with Gasteiger partial charge in [0, 0.05) is 21.7 Å². The maximum Gasteiger partial charge on any atom is 0.119 e. The highest BCUT2D eigenvalue weighted by molar-refractivity contribution is 9.10. The number of halogens is 3. The van der Waals surface area contributed by atoms with Gasteiger partial charge < -0.3 is 10.1 Å². The molecule has 128 valence electrons. The summed E-state index contributed by atoms with van der Waals surface area (Å²) in [6.45, 7) is 1.24. The molecule has 3 rings (SSSR count). The van der Waals surface area contributed by atoms with Gasteiger partial charge in [-0.1, -0.05) is 47.5 Å². The number of anilines is 1. The highest BCUT2D eigenvalue weighted by Gasteiger charge is 2.01. The highest BCUT2D eigenvalue weighted by atomic mass is 79.9. The molecule has 0 aromatic heterocycles. The molecule has 3 aromatic carbocycles. The van der Waals surface area contributed by atoms with Crippen LogP contribution in [0, 0.1) is 0 Å². The van der Waals surface area contributed by atoms with Gasteiger partial charge in [-0.3, -0.25) is 0 Å². The van der Waals surface area contributed by atoms with E-state index >= 15 is 0 Å². The zero-order valence-corrected chi connectivity index (χ0v) is 16.4. The molecule has 2 nitrogen and oxygen atoms in total. The number of ether oxygens (including phenoxy) is 1. The molecule has 0 bridgehead atoms. The van der Waals surface area contributed by atoms with E-state index in [9.17, 15) is 0 Å². The summed E-state index contributed by atoms with van der Waals surface area (Å²) in [5.74, 6) is 0.838. The topological polar surface area (TPSA) is 21.3 Å². The average Bonchev–Trinajstić information content (AvgIpc) is 2.63. The van der Waals surface area contributed by atoms with Crippen molar-refractivity contribution in [1.82, 2.24) is 0 Å². The van der Waals surface area contributed by atoms with E-state index in [0.29, 0.717) is 11.6 Å². The molecule has 0 aliphatic heterocycles. The van der Waals surface area contributed by atoms with Crippen LogP contribution in [0.2, 0.25) is 10.0 Å². The number of benzene rings is 3. The zero-order valence-electron chi connectivity index (χ0n) is 13.3. The number of nitrogens with one attached hydrogen (secondary N) is 1. The van der Waals surface area contributed by atoms with Crippen LogP contribution < -0.4 is 10.1 Å². The van der Waals surface area contributed by atoms with Crippen LogP contribution in [0.4, 0.5) is 5.69 Å². The Kier molecular flexibility index (Phi) is 6.24. The second-order valence-electron chi connectivity index (χ2n) is 5.54. The first-order valence-electron chi connectivity index (χ1n) is 7.75. The molecule has 5 heteroatoms. The van der Waals surface area contributed by atoms with Crippen molar-refractivity contribution in [3.05, 3.63) is 92.4 Å². The third-order valence-corrected chi connectivity index (χ3v) is 5.14. The first-order chi connectivity index (χ1) is 12.1. The van der Waals surface area contributed by atoms with Crippen molar-refractivity contribution in [2.24, 2.45) is 0 Å². The Morgan fingerprint density at radius 3 is 2.20 bits per heavy atom. The fourth-order valence-corrected chi connectivity index (χ4v) is 2.81. The molecule has 0 saturated heterocycles. The summed E-state index contributed by atoms with van der Waals surface area (Å²) in [6, 6.07) is 21.5. The summed E-state index contributed by atoms with van der Waals surface area (Å²) in [6.07, 6.45) is 0. The Morgan fingerprint density at radius 1 is 0.840 bits per heavy atom. The van der Waals surface area contributed by atoms with E-state index in [4.69, 9.17) is 27.9 Å². The molecule has 0 radical (unpaired) electrons. The smallest absolute Gasteiger partial charge is 0.119 e. The monoisotopic (exact) mass is 435 g/mol. The highest BCUT2D eigenvalue weighted by Crippen LogP contribution is 2.26. The lowest BCUT2D eigenvalue weighted by atomic mass is 10.2. The van der Waals surface area contributed by atoms with Crippen molar-refractivity contribution in [1.29, 1.82) is 0 Å². The van der Waals surface area contributed by atoms with Gasteiger partial charge in [-0.05, 0) is 69.5 Å². The Labute approximate surface area is 165 Å². The number of hydrogen-bond acceptors (Lipinski definition) is 2. The molecule has 0 aliphatic carbocycles. The Hall–Kier alpha value is -1.68. The van der Waals surface area contributed by atoms with E-state index in [-0.39, 0.29) is 0 Å². The molecule has 3 aromatic rings. The van der Waals surface area contributed by atoms with Crippen molar-refractivity contribution in [2.75, 3.05) is 5.32 Å². The fraction of sp³-hybridized carbons (Fsp3) is 0.100. The SMILES string of the molecule is Clc1ccc(COc2ccc(CNc3ccc(Br)c(Cl)c3)cc2)cc1. The van der Waals surface area contributed by atoms with Gasteiger partial charge in [0.25, 0.3) is 0 Å². The summed E-state index contributed by atoms with van der Waals surface area (Å²) in [7, 11) is 0. The van der Waals surface area contributed by atoms with Crippen LogP contribution in [0.15, 0.2) is 71.2 Å². The molecule has 0 aliphatic rings. The lowest BCUT2D eigenvalue weighted by Gasteiger charge is -2.10. The molecule has 0 spiro atoms. The molecule has 1 N–H and O–H groups in total. The summed E-state index contributed by atoms with van der Waals surface area (Å²) < 4.78 is 6.68. The van der Waals surface area contributed by atoms with Gasteiger partial charge in [0.05, 0.1) is 5.02 Å². The van der Waals surface area contributed by atoms with E-state index in [1.807, 2.05) is 66.7 Å². The van der Waals surface area contributed by atoms with E-state index < -0.39 is 0 Å². The fourth-order valence-electron chi connectivity index (χ4n) is 2.26. The van der Waals surface area contributed by atoms with Crippen LogP contribution in [-0.2, 0) is 13.2 Å². The van der Waals surface area contributed by atoms with Gasteiger partial charge in [0.1, 0.15) is 12.4 Å². The molecule has 0 amide bonds. The molecule has 0 heterocycles. The Bertz CT molecular complexity index is 835. The quantitative estimate of drug-likeness (QED) is 0.451. The molecule has 0 fully saturated rings. The summed E-state index contributed by atoms with van der Waals surface area (Å²) >= 11 is 15.4. The van der Waals surface area contributed by atoms with Crippen LogP contribution >= 0.6 is 39.1 Å². The largest absolute Gasteiger partial charge is 0.489 e.